The Morgan fingerprint density at radius 1 is 1.14 bits per heavy atom. The maximum atomic E-state index is 14.8. The molecular formula is C27H31FN4O3. The molecule has 3 amide bonds. The summed E-state index contributed by atoms with van der Waals surface area (Å²) in [5, 5.41) is 2.71. The van der Waals surface area contributed by atoms with Crippen LogP contribution in [0.15, 0.2) is 66.2 Å². The van der Waals surface area contributed by atoms with Crippen LogP contribution < -0.4 is 16.0 Å². The third kappa shape index (κ3) is 5.65. The monoisotopic (exact) mass is 478 g/mol. The number of aliphatic imine (C=N–C) groups is 1. The fourth-order valence-corrected chi connectivity index (χ4v) is 4.35. The van der Waals surface area contributed by atoms with Gasteiger partial charge in [0.15, 0.2) is 0 Å². The molecule has 8 heteroatoms. The van der Waals surface area contributed by atoms with Crippen LogP contribution in [-0.2, 0) is 14.4 Å². The van der Waals surface area contributed by atoms with E-state index in [1.54, 1.807) is 55.6 Å². The van der Waals surface area contributed by atoms with Crippen LogP contribution in [0.1, 0.15) is 37.8 Å². The number of nitrogens with zero attached hydrogens (tertiary/aromatic N) is 2. The highest BCUT2D eigenvalue weighted by Gasteiger charge is 2.36. The Balaban J connectivity index is 2.07. The van der Waals surface area contributed by atoms with E-state index < -0.39 is 41.5 Å². The number of hydrogen-bond acceptors (Lipinski definition) is 4. The van der Waals surface area contributed by atoms with E-state index in [4.69, 9.17) is 5.73 Å². The molecular weight excluding hydrogens is 447 g/mol. The summed E-state index contributed by atoms with van der Waals surface area (Å²) in [5.74, 6) is -3.58. The molecule has 7 nitrogen and oxygen atoms in total. The van der Waals surface area contributed by atoms with Crippen molar-refractivity contribution in [2.75, 3.05) is 11.9 Å². The van der Waals surface area contributed by atoms with Gasteiger partial charge in [-0.3, -0.25) is 14.4 Å². The van der Waals surface area contributed by atoms with Crippen molar-refractivity contribution < 1.29 is 18.8 Å². The van der Waals surface area contributed by atoms with Gasteiger partial charge in [-0.2, -0.15) is 0 Å². The minimum absolute atomic E-state index is 0.0895. The molecule has 1 aliphatic rings. The molecule has 35 heavy (non-hydrogen) atoms. The normalized spacial score (nSPS) is 17.2. The molecule has 1 heterocycles. The second-order valence-electron chi connectivity index (χ2n) is 9.05. The van der Waals surface area contributed by atoms with Crippen molar-refractivity contribution in [3.63, 3.8) is 0 Å². The summed E-state index contributed by atoms with van der Waals surface area (Å²) in [5.41, 5.74) is 7.17. The van der Waals surface area contributed by atoms with Gasteiger partial charge >= 0.3 is 0 Å². The zero-order chi connectivity index (χ0) is 25.7. The van der Waals surface area contributed by atoms with Gasteiger partial charge in [-0.25, -0.2) is 9.38 Å². The lowest BCUT2D eigenvalue weighted by Gasteiger charge is -2.27. The Hall–Kier alpha value is -3.81. The lowest BCUT2D eigenvalue weighted by atomic mass is 9.82. The Kier molecular flexibility index (Phi) is 8.17. The van der Waals surface area contributed by atoms with Crippen molar-refractivity contribution in [1.29, 1.82) is 0 Å². The minimum Gasteiger partial charge on any atom is -0.369 e. The maximum absolute atomic E-state index is 14.8. The first kappa shape index (κ1) is 25.8. The number of carbonyl (C=O) groups is 3. The highest BCUT2D eigenvalue weighted by molar-refractivity contribution is 6.20. The minimum atomic E-state index is -1.32. The van der Waals surface area contributed by atoms with Crippen LogP contribution >= 0.6 is 0 Å². The fourth-order valence-electron chi connectivity index (χ4n) is 4.35. The number of likely N-dealkylation sites (N-methyl/N-ethyl adjacent to an activating group) is 1. The summed E-state index contributed by atoms with van der Waals surface area (Å²) in [7, 11) is 1.58. The van der Waals surface area contributed by atoms with Gasteiger partial charge in [0.25, 0.3) is 5.91 Å². The molecule has 2 aromatic rings. The molecule has 2 unspecified atom stereocenters. The van der Waals surface area contributed by atoms with E-state index in [2.05, 4.69) is 16.9 Å². The highest BCUT2D eigenvalue weighted by Crippen LogP contribution is 2.29. The Morgan fingerprint density at radius 3 is 2.37 bits per heavy atom. The zero-order valence-electron chi connectivity index (χ0n) is 20.2. The van der Waals surface area contributed by atoms with Crippen LogP contribution in [0.2, 0.25) is 0 Å². The van der Waals surface area contributed by atoms with Gasteiger partial charge in [0.1, 0.15) is 5.82 Å². The van der Waals surface area contributed by atoms with Gasteiger partial charge in [0.05, 0.1) is 23.2 Å². The SMILES string of the molecule is C=CCC(C(N)=O)C(CC(C)C)C(=O)N[C@H]1N=C(c2ccccc2F)c2ccccc2N(C)C1=O. The van der Waals surface area contributed by atoms with Gasteiger partial charge in [0, 0.05) is 18.2 Å². The number of nitrogens with one attached hydrogen (secondary N) is 1. The number of carbonyl (C=O) groups excluding carboxylic acids is 3. The molecule has 0 bridgehead atoms. The number of para-hydroxylation sites is 1. The molecule has 3 N–H and O–H groups in total. The molecule has 2 aromatic carbocycles. The topological polar surface area (TPSA) is 105 Å². The molecule has 0 spiro atoms. The summed E-state index contributed by atoms with van der Waals surface area (Å²) in [6.45, 7) is 7.54. The lowest BCUT2D eigenvalue weighted by Crippen LogP contribution is -2.50. The van der Waals surface area contributed by atoms with Gasteiger partial charge in [0.2, 0.25) is 18.0 Å². The first-order valence-electron chi connectivity index (χ1n) is 11.6. The quantitative estimate of drug-likeness (QED) is 0.540. The van der Waals surface area contributed by atoms with Gasteiger partial charge in [-0.05, 0) is 37.0 Å². The average Bonchev–Trinajstić information content (AvgIpc) is 2.92. The summed E-state index contributed by atoms with van der Waals surface area (Å²) < 4.78 is 14.8. The predicted octanol–water partition coefficient (Wildman–Crippen LogP) is 3.42. The van der Waals surface area contributed by atoms with Crippen LogP contribution in [0.3, 0.4) is 0 Å². The second-order valence-corrected chi connectivity index (χ2v) is 9.05. The molecule has 0 fully saturated rings. The largest absolute Gasteiger partial charge is 0.369 e. The molecule has 3 rings (SSSR count). The molecule has 0 saturated heterocycles. The highest BCUT2D eigenvalue weighted by atomic mass is 19.1. The summed E-state index contributed by atoms with van der Waals surface area (Å²) >= 11 is 0. The number of halogens is 1. The molecule has 184 valence electrons. The summed E-state index contributed by atoms with van der Waals surface area (Å²) in [6, 6.07) is 13.2. The number of primary amides is 1. The van der Waals surface area contributed by atoms with Crippen molar-refractivity contribution in [2.45, 2.75) is 32.9 Å². The molecule has 0 aromatic heterocycles. The van der Waals surface area contributed by atoms with Crippen LogP contribution in [0.4, 0.5) is 10.1 Å². The Bertz CT molecular complexity index is 1160. The third-order valence-corrected chi connectivity index (χ3v) is 6.09. The molecule has 0 saturated carbocycles. The van der Waals surface area contributed by atoms with E-state index in [1.165, 1.54) is 11.0 Å². The second kappa shape index (κ2) is 11.1. The first-order valence-corrected chi connectivity index (χ1v) is 11.6. The average molecular weight is 479 g/mol. The molecule has 1 aliphatic heterocycles. The number of rotatable bonds is 9. The zero-order valence-corrected chi connectivity index (χ0v) is 20.2. The maximum Gasteiger partial charge on any atom is 0.272 e. The smallest absolute Gasteiger partial charge is 0.272 e. The number of allylic oxidation sites excluding steroid dienone is 1. The van der Waals surface area contributed by atoms with E-state index in [0.29, 0.717) is 17.7 Å². The van der Waals surface area contributed by atoms with E-state index >= 15 is 0 Å². The van der Waals surface area contributed by atoms with E-state index in [0.717, 1.165) is 0 Å². The van der Waals surface area contributed by atoms with Crippen LogP contribution in [0, 0.1) is 23.6 Å². The van der Waals surface area contributed by atoms with Crippen LogP contribution in [-0.4, -0.2) is 36.6 Å². The fraction of sp³-hybridized carbons (Fsp3) is 0.333. The van der Waals surface area contributed by atoms with Crippen molar-refractivity contribution in [3.05, 3.63) is 78.1 Å². The standard InChI is InChI=1S/C27H31FN4O3/c1-5-10-17(24(29)33)20(15-16(2)3)26(34)31-25-27(35)32(4)22-14-9-7-12-19(22)23(30-25)18-11-6-8-13-21(18)28/h5-9,11-14,16-17,20,25H,1,10,15H2,2-4H3,(H2,29,33)(H,31,34)/t17?,20?,25-/m1/s1. The Morgan fingerprint density at radius 2 is 1.77 bits per heavy atom. The number of benzodiazepines with no additional fused rings is 1. The molecule has 3 atom stereocenters. The third-order valence-electron chi connectivity index (χ3n) is 6.09. The number of fused-ring (bicyclic) bond motifs is 1. The Labute approximate surface area is 204 Å². The van der Waals surface area contributed by atoms with E-state index in [9.17, 15) is 18.8 Å². The number of anilines is 1. The summed E-state index contributed by atoms with van der Waals surface area (Å²) in [6.07, 6.45) is 0.842. The number of nitrogens with two attached hydrogens (primary N) is 1. The molecule has 0 aliphatic carbocycles. The predicted molar refractivity (Wildman–Crippen MR) is 134 cm³/mol. The van der Waals surface area contributed by atoms with Gasteiger partial charge in [-0.1, -0.05) is 50.3 Å². The first-order chi connectivity index (χ1) is 16.6. The van der Waals surface area contributed by atoms with E-state index in [-0.39, 0.29) is 23.6 Å². The lowest BCUT2D eigenvalue weighted by molar-refractivity contribution is -0.135. The van der Waals surface area contributed by atoms with Crippen LogP contribution in [0.25, 0.3) is 0 Å². The van der Waals surface area contributed by atoms with Gasteiger partial charge < -0.3 is 16.0 Å². The van der Waals surface area contributed by atoms with Crippen molar-refractivity contribution in [2.24, 2.45) is 28.5 Å². The van der Waals surface area contributed by atoms with Crippen molar-refractivity contribution in [1.82, 2.24) is 5.32 Å². The number of hydrogen-bond donors (Lipinski definition) is 2. The summed E-state index contributed by atoms with van der Waals surface area (Å²) in [4.78, 5) is 44.9. The molecule has 0 radical (unpaired) electrons. The van der Waals surface area contributed by atoms with Crippen LogP contribution in [0.5, 0.6) is 0 Å². The van der Waals surface area contributed by atoms with Crippen molar-refractivity contribution in [3.8, 4) is 0 Å². The van der Waals surface area contributed by atoms with E-state index in [1.807, 2.05) is 13.8 Å². The van der Waals surface area contributed by atoms with Gasteiger partial charge in [-0.15, -0.1) is 6.58 Å². The van der Waals surface area contributed by atoms with Crippen molar-refractivity contribution >= 4 is 29.1 Å². The number of amides is 3. The number of benzene rings is 2.